The standard InChI is InChI=1S/C18H15ClN3O.Y/c1-11-7-14(4-6-17(11)20)18-16-9-15(19)5-3-13(16)8-12(2)22(10-23)21-18;/h3-9H,20H2,1-2H3;/q-1;. The monoisotopic (exact) mass is 413 g/mol. The maximum Gasteiger partial charge on any atom is 0.0957 e. The largest absolute Gasteiger partial charge is 0.399 e. The van der Waals surface area contributed by atoms with Crippen LogP contribution in [0.15, 0.2) is 47.2 Å². The number of carbonyl (C=O) groups excluding carboxylic acids is 1. The van der Waals surface area contributed by atoms with Crippen molar-refractivity contribution in [1.29, 1.82) is 0 Å². The Morgan fingerprint density at radius 1 is 1.17 bits per heavy atom. The van der Waals surface area contributed by atoms with E-state index in [9.17, 15) is 4.79 Å². The van der Waals surface area contributed by atoms with Crippen molar-refractivity contribution in [2.75, 3.05) is 5.73 Å². The first-order valence-corrected chi connectivity index (χ1v) is 7.48. The van der Waals surface area contributed by atoms with E-state index in [2.05, 4.69) is 5.10 Å². The molecule has 0 fully saturated rings. The van der Waals surface area contributed by atoms with E-state index in [4.69, 9.17) is 17.3 Å². The number of nitrogens with zero attached hydrogens (tertiary/aromatic N) is 2. The Bertz CT molecular complexity index is 861. The number of rotatable bonds is 2. The van der Waals surface area contributed by atoms with E-state index in [0.29, 0.717) is 22.1 Å². The third-order valence-electron chi connectivity index (χ3n) is 3.80. The first-order chi connectivity index (χ1) is 11.0. The van der Waals surface area contributed by atoms with E-state index in [-0.39, 0.29) is 32.7 Å². The van der Waals surface area contributed by atoms with Crippen LogP contribution in [0.5, 0.6) is 0 Å². The molecule has 2 aromatic carbocycles. The number of hydrogen-bond donors (Lipinski definition) is 1. The summed E-state index contributed by atoms with van der Waals surface area (Å²) in [6, 6.07) is 11.2. The van der Waals surface area contributed by atoms with Crippen LogP contribution in [0.2, 0.25) is 5.02 Å². The zero-order valence-corrected chi connectivity index (χ0v) is 17.0. The Balaban J connectivity index is 0.00000208. The number of amides is 1. The first kappa shape index (κ1) is 18.8. The number of allylic oxidation sites excluding steroid dienone is 1. The zero-order valence-electron chi connectivity index (χ0n) is 13.4. The Morgan fingerprint density at radius 3 is 2.58 bits per heavy atom. The SMILES string of the molecule is CC1=Cc2ccc(Cl)cc2C(c2ccc(N)c(C)c2)=NN1[C-]=O.[Y]. The van der Waals surface area contributed by atoms with Crippen LogP contribution in [0.4, 0.5) is 5.69 Å². The molecule has 1 aliphatic rings. The van der Waals surface area contributed by atoms with Crippen molar-refractivity contribution in [1.82, 2.24) is 5.01 Å². The summed E-state index contributed by atoms with van der Waals surface area (Å²) in [5.41, 5.74) is 11.6. The molecule has 1 radical (unpaired) electrons. The molecule has 2 N–H and O–H groups in total. The quantitative estimate of drug-likeness (QED) is 0.602. The molecule has 1 amide bonds. The molecule has 0 saturated carbocycles. The normalized spacial score (nSPS) is 13.2. The molecular weight excluding hydrogens is 399 g/mol. The summed E-state index contributed by atoms with van der Waals surface area (Å²) in [6.07, 6.45) is 3.72. The first-order valence-electron chi connectivity index (χ1n) is 7.11. The van der Waals surface area contributed by atoms with Crippen molar-refractivity contribution in [3.63, 3.8) is 0 Å². The molecule has 2 aromatic rings. The minimum absolute atomic E-state index is 0. The predicted molar refractivity (Wildman–Crippen MR) is 93.9 cm³/mol. The van der Waals surface area contributed by atoms with Gasteiger partial charge in [-0.05, 0) is 42.3 Å². The van der Waals surface area contributed by atoms with Crippen LogP contribution in [0.1, 0.15) is 29.2 Å². The van der Waals surface area contributed by atoms with E-state index in [1.54, 1.807) is 0 Å². The van der Waals surface area contributed by atoms with Gasteiger partial charge in [0.1, 0.15) is 0 Å². The summed E-state index contributed by atoms with van der Waals surface area (Å²) in [7, 11) is 0. The number of nitrogen functional groups attached to an aromatic ring is 1. The van der Waals surface area contributed by atoms with Crippen LogP contribution < -0.4 is 5.73 Å². The summed E-state index contributed by atoms with van der Waals surface area (Å²) in [6.45, 7) is 3.74. The fraction of sp³-hybridized carbons (Fsp3) is 0.111. The Hall–Kier alpha value is -1.49. The third kappa shape index (κ3) is 3.61. The number of fused-ring (bicyclic) bond motifs is 1. The topological polar surface area (TPSA) is 58.7 Å². The van der Waals surface area contributed by atoms with Gasteiger partial charge in [-0.25, -0.2) is 5.10 Å². The Kier molecular flexibility index (Phi) is 5.97. The van der Waals surface area contributed by atoms with E-state index in [0.717, 1.165) is 22.3 Å². The van der Waals surface area contributed by atoms with E-state index < -0.39 is 0 Å². The zero-order chi connectivity index (χ0) is 16.6. The number of halogens is 1. The number of nitrogens with two attached hydrogens (primary N) is 1. The van der Waals surface area contributed by atoms with E-state index >= 15 is 0 Å². The van der Waals surface area contributed by atoms with Crippen molar-refractivity contribution in [2.45, 2.75) is 13.8 Å². The van der Waals surface area contributed by atoms with Gasteiger partial charge < -0.3 is 15.5 Å². The molecule has 24 heavy (non-hydrogen) atoms. The van der Waals surface area contributed by atoms with Crippen molar-refractivity contribution >= 4 is 35.5 Å². The summed E-state index contributed by atoms with van der Waals surface area (Å²) in [5.74, 6) is 0. The molecule has 1 aliphatic heterocycles. The van der Waals surface area contributed by atoms with Crippen molar-refractivity contribution in [2.24, 2.45) is 5.10 Å². The molecule has 1 heterocycles. The molecule has 0 spiro atoms. The van der Waals surface area contributed by atoms with Gasteiger partial charge in [0.05, 0.1) is 12.1 Å². The number of hydrazone groups is 1. The van der Waals surface area contributed by atoms with Crippen LogP contribution in [0.3, 0.4) is 0 Å². The molecule has 4 nitrogen and oxygen atoms in total. The number of anilines is 1. The molecule has 0 unspecified atom stereocenters. The maximum absolute atomic E-state index is 11.2. The fourth-order valence-electron chi connectivity index (χ4n) is 2.51. The molecule has 119 valence electrons. The van der Waals surface area contributed by atoms with Crippen LogP contribution in [-0.4, -0.2) is 17.1 Å². The van der Waals surface area contributed by atoms with E-state index in [1.165, 1.54) is 5.01 Å². The van der Waals surface area contributed by atoms with Gasteiger partial charge in [-0.15, -0.1) is 11.8 Å². The number of hydrogen-bond acceptors (Lipinski definition) is 3. The molecule has 0 atom stereocenters. The summed E-state index contributed by atoms with van der Waals surface area (Å²) >= 11 is 6.16. The van der Waals surface area contributed by atoms with Gasteiger partial charge in [-0.1, -0.05) is 30.7 Å². The van der Waals surface area contributed by atoms with Gasteiger partial charge in [0.25, 0.3) is 0 Å². The second-order valence-electron chi connectivity index (χ2n) is 5.44. The minimum atomic E-state index is 0. The van der Waals surface area contributed by atoms with Gasteiger partial charge in [0.15, 0.2) is 0 Å². The number of aryl methyl sites for hydroxylation is 1. The van der Waals surface area contributed by atoms with E-state index in [1.807, 2.05) is 62.7 Å². The van der Waals surface area contributed by atoms with Crippen molar-refractivity contribution in [3.05, 3.63) is 69.4 Å². The smallest absolute Gasteiger partial charge is 0.0957 e. The molecule has 0 aromatic heterocycles. The maximum atomic E-state index is 11.2. The van der Waals surface area contributed by atoms with Gasteiger partial charge in [0, 0.05) is 54.5 Å². The molecular formula is C18H15ClN3OY-. The second kappa shape index (κ2) is 7.60. The van der Waals surface area contributed by atoms with Crippen molar-refractivity contribution in [3.8, 4) is 0 Å². The predicted octanol–water partition coefficient (Wildman–Crippen LogP) is 3.72. The minimum Gasteiger partial charge on any atom is -0.399 e. The average molecular weight is 414 g/mol. The van der Waals surface area contributed by atoms with Gasteiger partial charge in [-0.2, -0.15) is 0 Å². The molecule has 3 rings (SSSR count). The van der Waals surface area contributed by atoms with Crippen molar-refractivity contribution < 1.29 is 37.5 Å². The fourth-order valence-corrected chi connectivity index (χ4v) is 2.68. The second-order valence-corrected chi connectivity index (χ2v) is 5.88. The molecule has 0 saturated heterocycles. The van der Waals surface area contributed by atoms with Crippen LogP contribution >= 0.6 is 11.6 Å². The van der Waals surface area contributed by atoms with Gasteiger partial charge >= 0.3 is 0 Å². The number of benzene rings is 2. The molecule has 0 bridgehead atoms. The van der Waals surface area contributed by atoms with Crippen LogP contribution in [-0.2, 0) is 37.5 Å². The average Bonchev–Trinajstić information content (AvgIpc) is 2.66. The van der Waals surface area contributed by atoms with Crippen LogP contribution in [0.25, 0.3) is 6.08 Å². The summed E-state index contributed by atoms with van der Waals surface area (Å²) in [4.78, 5) is 11.2. The third-order valence-corrected chi connectivity index (χ3v) is 4.03. The molecule has 6 heteroatoms. The van der Waals surface area contributed by atoms with Crippen LogP contribution in [0, 0.1) is 6.92 Å². The summed E-state index contributed by atoms with van der Waals surface area (Å²) in [5, 5.41) is 6.27. The Morgan fingerprint density at radius 2 is 1.92 bits per heavy atom. The molecule has 0 aliphatic carbocycles. The Labute approximate surface area is 171 Å². The summed E-state index contributed by atoms with van der Waals surface area (Å²) < 4.78 is 0. The van der Waals surface area contributed by atoms with Gasteiger partial charge in [0.2, 0.25) is 0 Å². The van der Waals surface area contributed by atoms with Gasteiger partial charge in [-0.3, -0.25) is 0 Å².